The summed E-state index contributed by atoms with van der Waals surface area (Å²) in [6.07, 6.45) is 0.663. The molecule has 0 aliphatic heterocycles. The number of urea groups is 1. The fraction of sp³-hybridized carbons (Fsp3) is 0.222. The van der Waals surface area contributed by atoms with E-state index >= 15 is 0 Å². The molecule has 0 radical (unpaired) electrons. The molecule has 0 heterocycles. The van der Waals surface area contributed by atoms with Crippen molar-refractivity contribution in [1.82, 2.24) is 5.32 Å². The van der Waals surface area contributed by atoms with E-state index in [9.17, 15) is 14.0 Å². The molecule has 0 saturated heterocycles. The number of benzene rings is 2. The number of halogens is 1. The lowest BCUT2D eigenvalue weighted by Gasteiger charge is -2.19. The Labute approximate surface area is 145 Å². The van der Waals surface area contributed by atoms with Gasteiger partial charge >= 0.3 is 6.03 Å². The summed E-state index contributed by atoms with van der Waals surface area (Å²) in [5, 5.41) is 5.22. The number of hydrogen-bond acceptors (Lipinski definition) is 3. The zero-order valence-electron chi connectivity index (χ0n) is 14.0. The molecule has 2 aromatic carbocycles. The molecule has 4 N–H and O–H groups in total. The zero-order chi connectivity index (χ0) is 18.2. The molecule has 2 aromatic rings. The van der Waals surface area contributed by atoms with E-state index in [1.165, 1.54) is 6.07 Å². The topological polar surface area (TPSA) is 87.5 Å². The van der Waals surface area contributed by atoms with E-state index in [0.29, 0.717) is 36.4 Å². The monoisotopic (exact) mass is 344 g/mol. The minimum atomic E-state index is -0.686. The Morgan fingerprint density at radius 1 is 1.16 bits per heavy atom. The highest BCUT2D eigenvalue weighted by molar-refractivity contribution is 5.96. The van der Waals surface area contributed by atoms with Crippen LogP contribution in [0.4, 0.5) is 20.6 Å². The van der Waals surface area contributed by atoms with Gasteiger partial charge in [0.25, 0.3) is 5.91 Å². The van der Waals surface area contributed by atoms with Crippen LogP contribution in [0.25, 0.3) is 0 Å². The number of nitrogens with two attached hydrogens (primary N) is 1. The fourth-order valence-corrected chi connectivity index (χ4v) is 2.38. The summed E-state index contributed by atoms with van der Waals surface area (Å²) in [5.74, 6) is -0.519. The average Bonchev–Trinajstić information content (AvgIpc) is 2.58. The summed E-state index contributed by atoms with van der Waals surface area (Å²) >= 11 is 0. The summed E-state index contributed by atoms with van der Waals surface area (Å²) in [6.45, 7) is 1.05. The Morgan fingerprint density at radius 3 is 2.64 bits per heavy atom. The van der Waals surface area contributed by atoms with Crippen molar-refractivity contribution in [1.29, 1.82) is 0 Å². The van der Waals surface area contributed by atoms with Gasteiger partial charge < -0.3 is 21.3 Å². The Hall–Kier alpha value is -3.09. The predicted octanol–water partition coefficient (Wildman–Crippen LogP) is 2.57. The number of amides is 3. The molecule has 0 unspecified atom stereocenters. The number of nitrogens with one attached hydrogen (secondary N) is 2. The van der Waals surface area contributed by atoms with Gasteiger partial charge in [0.15, 0.2) is 0 Å². The van der Waals surface area contributed by atoms with Gasteiger partial charge in [0.2, 0.25) is 0 Å². The first-order chi connectivity index (χ1) is 12.0. The molecule has 0 saturated carbocycles. The molecule has 0 bridgehead atoms. The number of carbonyl (C=O) groups excluding carboxylic acids is 2. The second-order valence-corrected chi connectivity index (χ2v) is 5.55. The van der Waals surface area contributed by atoms with Gasteiger partial charge in [0.05, 0.1) is 5.69 Å². The summed E-state index contributed by atoms with van der Waals surface area (Å²) in [5.41, 5.74) is 6.46. The first kappa shape index (κ1) is 18.3. The lowest BCUT2D eigenvalue weighted by atomic mass is 10.2. The number of anilines is 2. The van der Waals surface area contributed by atoms with Gasteiger partial charge in [-0.1, -0.05) is 18.2 Å². The molecule has 0 aliphatic carbocycles. The van der Waals surface area contributed by atoms with Crippen molar-refractivity contribution in [2.45, 2.75) is 6.42 Å². The molecule has 0 spiro atoms. The SMILES string of the molecule is CN(CCCNC(=O)c1cccc(NC(N)=O)c1)c1ccccc1F. The van der Waals surface area contributed by atoms with E-state index in [1.807, 2.05) is 0 Å². The third-order valence-corrected chi connectivity index (χ3v) is 3.61. The maximum absolute atomic E-state index is 13.7. The van der Waals surface area contributed by atoms with Crippen LogP contribution < -0.4 is 21.3 Å². The molecule has 0 atom stereocenters. The lowest BCUT2D eigenvalue weighted by molar-refractivity contribution is 0.0953. The molecular formula is C18H21FN4O2. The Balaban J connectivity index is 1.81. The third kappa shape index (κ3) is 5.49. The Kier molecular flexibility index (Phi) is 6.33. The smallest absolute Gasteiger partial charge is 0.316 e. The molecular weight excluding hydrogens is 323 g/mol. The van der Waals surface area contributed by atoms with Crippen molar-refractivity contribution in [3.8, 4) is 0 Å². The maximum atomic E-state index is 13.7. The van der Waals surface area contributed by atoms with Crippen molar-refractivity contribution in [3.05, 3.63) is 59.9 Å². The first-order valence-corrected chi connectivity index (χ1v) is 7.88. The Bertz CT molecular complexity index is 751. The van der Waals surface area contributed by atoms with Crippen LogP contribution in [0.5, 0.6) is 0 Å². The molecule has 0 fully saturated rings. The van der Waals surface area contributed by atoms with Gasteiger partial charge in [-0.05, 0) is 36.8 Å². The minimum absolute atomic E-state index is 0.248. The van der Waals surface area contributed by atoms with Crippen molar-refractivity contribution >= 4 is 23.3 Å². The number of carbonyl (C=O) groups is 2. The normalized spacial score (nSPS) is 10.2. The number of hydrogen-bond donors (Lipinski definition) is 3. The molecule has 7 heteroatoms. The van der Waals surface area contributed by atoms with E-state index in [-0.39, 0.29) is 11.7 Å². The van der Waals surface area contributed by atoms with Gasteiger partial charge in [0.1, 0.15) is 5.82 Å². The summed E-state index contributed by atoms with van der Waals surface area (Å²) < 4.78 is 13.7. The second-order valence-electron chi connectivity index (χ2n) is 5.55. The number of para-hydroxylation sites is 1. The van der Waals surface area contributed by atoms with E-state index in [2.05, 4.69) is 10.6 Å². The van der Waals surface area contributed by atoms with Gasteiger partial charge in [0, 0.05) is 31.4 Å². The molecule has 2 rings (SSSR count). The predicted molar refractivity (Wildman–Crippen MR) is 96.3 cm³/mol. The number of rotatable bonds is 7. The lowest BCUT2D eigenvalue weighted by Crippen LogP contribution is -2.28. The third-order valence-electron chi connectivity index (χ3n) is 3.61. The quantitative estimate of drug-likeness (QED) is 0.675. The molecule has 0 aromatic heterocycles. The van der Waals surface area contributed by atoms with Gasteiger partial charge in [-0.3, -0.25) is 4.79 Å². The van der Waals surface area contributed by atoms with E-state index in [0.717, 1.165) is 0 Å². The fourth-order valence-electron chi connectivity index (χ4n) is 2.38. The summed E-state index contributed by atoms with van der Waals surface area (Å²) in [6, 6.07) is 12.4. The van der Waals surface area contributed by atoms with E-state index in [1.54, 1.807) is 54.4 Å². The van der Waals surface area contributed by atoms with Crippen molar-refractivity contribution < 1.29 is 14.0 Å². The zero-order valence-corrected chi connectivity index (χ0v) is 14.0. The molecule has 3 amide bonds. The van der Waals surface area contributed by atoms with Crippen LogP contribution in [-0.2, 0) is 0 Å². The van der Waals surface area contributed by atoms with Crippen molar-refractivity contribution in [2.75, 3.05) is 30.4 Å². The Morgan fingerprint density at radius 2 is 1.92 bits per heavy atom. The highest BCUT2D eigenvalue weighted by Gasteiger charge is 2.08. The number of nitrogens with zero attached hydrogens (tertiary/aromatic N) is 1. The van der Waals surface area contributed by atoms with Crippen LogP contribution in [0.15, 0.2) is 48.5 Å². The van der Waals surface area contributed by atoms with Crippen LogP contribution in [0.1, 0.15) is 16.8 Å². The summed E-state index contributed by atoms with van der Waals surface area (Å²) in [7, 11) is 1.80. The van der Waals surface area contributed by atoms with Crippen LogP contribution in [-0.4, -0.2) is 32.1 Å². The molecule has 132 valence electrons. The van der Waals surface area contributed by atoms with Gasteiger partial charge in [-0.25, -0.2) is 9.18 Å². The highest BCUT2D eigenvalue weighted by Crippen LogP contribution is 2.16. The molecule has 6 nitrogen and oxygen atoms in total. The largest absolute Gasteiger partial charge is 0.372 e. The minimum Gasteiger partial charge on any atom is -0.372 e. The highest BCUT2D eigenvalue weighted by atomic mass is 19.1. The first-order valence-electron chi connectivity index (χ1n) is 7.88. The van der Waals surface area contributed by atoms with Crippen LogP contribution >= 0.6 is 0 Å². The van der Waals surface area contributed by atoms with Crippen LogP contribution in [0, 0.1) is 5.82 Å². The average molecular weight is 344 g/mol. The standard InChI is InChI=1S/C18H21FN4O2/c1-23(16-9-3-2-8-15(16)19)11-5-10-21-17(24)13-6-4-7-14(12-13)22-18(20)25/h2-4,6-9,12H,5,10-11H2,1H3,(H,21,24)(H3,20,22,25). The van der Waals surface area contributed by atoms with Crippen molar-refractivity contribution in [3.63, 3.8) is 0 Å². The van der Waals surface area contributed by atoms with Gasteiger partial charge in [-0.15, -0.1) is 0 Å². The van der Waals surface area contributed by atoms with Gasteiger partial charge in [-0.2, -0.15) is 0 Å². The van der Waals surface area contributed by atoms with E-state index in [4.69, 9.17) is 5.73 Å². The van der Waals surface area contributed by atoms with Crippen molar-refractivity contribution in [2.24, 2.45) is 5.73 Å². The molecule has 25 heavy (non-hydrogen) atoms. The van der Waals surface area contributed by atoms with Crippen LogP contribution in [0.2, 0.25) is 0 Å². The summed E-state index contributed by atoms with van der Waals surface area (Å²) in [4.78, 5) is 24.8. The van der Waals surface area contributed by atoms with Crippen LogP contribution in [0.3, 0.4) is 0 Å². The maximum Gasteiger partial charge on any atom is 0.316 e. The second kappa shape index (κ2) is 8.68. The number of primary amides is 1. The van der Waals surface area contributed by atoms with E-state index < -0.39 is 6.03 Å². The molecule has 0 aliphatic rings.